The quantitative estimate of drug-likeness (QED) is 0.387. The van der Waals surface area contributed by atoms with Gasteiger partial charge in [-0.15, -0.1) is 0 Å². The third-order valence-electron chi connectivity index (χ3n) is 2.86. The Labute approximate surface area is 124 Å². The molecule has 0 amide bonds. The van der Waals surface area contributed by atoms with E-state index in [1.165, 1.54) is 12.7 Å². The van der Waals surface area contributed by atoms with Gasteiger partial charge in [-0.25, -0.2) is 8.42 Å². The normalized spacial score (nSPS) is 14.4. The van der Waals surface area contributed by atoms with Crippen LogP contribution in [0.15, 0.2) is 4.99 Å². The first-order valence-electron chi connectivity index (χ1n) is 7.47. The van der Waals surface area contributed by atoms with Gasteiger partial charge in [-0.3, -0.25) is 4.99 Å². The van der Waals surface area contributed by atoms with Gasteiger partial charge in [-0.1, -0.05) is 13.8 Å². The van der Waals surface area contributed by atoms with Crippen molar-refractivity contribution in [2.45, 2.75) is 53.0 Å². The summed E-state index contributed by atoms with van der Waals surface area (Å²) in [4.78, 5) is 4.51. The van der Waals surface area contributed by atoms with E-state index in [0.29, 0.717) is 12.3 Å². The Morgan fingerprint density at radius 2 is 1.85 bits per heavy atom. The highest BCUT2D eigenvalue weighted by Gasteiger charge is 2.09. The van der Waals surface area contributed by atoms with Gasteiger partial charge in [-0.05, 0) is 39.0 Å². The van der Waals surface area contributed by atoms with Gasteiger partial charge in [0.15, 0.2) is 5.96 Å². The molecule has 0 saturated carbocycles. The van der Waals surface area contributed by atoms with Crippen LogP contribution in [0.2, 0.25) is 0 Å². The van der Waals surface area contributed by atoms with Crippen molar-refractivity contribution in [1.82, 2.24) is 10.6 Å². The highest BCUT2D eigenvalue weighted by Crippen LogP contribution is 2.03. The molecule has 0 aliphatic rings. The summed E-state index contributed by atoms with van der Waals surface area (Å²) in [5, 5.41) is 6.44. The molecule has 120 valence electrons. The summed E-state index contributed by atoms with van der Waals surface area (Å²) in [7, 11) is -2.90. The van der Waals surface area contributed by atoms with Crippen LogP contribution in [0.5, 0.6) is 0 Å². The van der Waals surface area contributed by atoms with Crippen LogP contribution in [0.1, 0.15) is 47.0 Å². The molecule has 0 aliphatic carbocycles. The molecule has 0 heterocycles. The van der Waals surface area contributed by atoms with E-state index in [1.54, 1.807) is 0 Å². The third kappa shape index (κ3) is 12.3. The Kier molecular flexibility index (Phi) is 9.63. The van der Waals surface area contributed by atoms with Crippen molar-refractivity contribution >= 4 is 15.8 Å². The minimum absolute atomic E-state index is 0.0904. The summed E-state index contributed by atoms with van der Waals surface area (Å²) in [5.41, 5.74) is 0. The standard InChI is InChI=1S/C14H31N3O2S/c1-6-15-14(16-10-7-8-12(2)3)17-13(4)9-11-20(5,18)19/h12-13H,6-11H2,1-5H3,(H2,15,16,17). The number of nitrogens with one attached hydrogen (secondary N) is 2. The van der Waals surface area contributed by atoms with Crippen molar-refractivity contribution in [1.29, 1.82) is 0 Å². The maximum atomic E-state index is 11.1. The van der Waals surface area contributed by atoms with E-state index in [2.05, 4.69) is 29.5 Å². The van der Waals surface area contributed by atoms with E-state index >= 15 is 0 Å². The highest BCUT2D eigenvalue weighted by molar-refractivity contribution is 7.90. The lowest BCUT2D eigenvalue weighted by Gasteiger charge is -2.17. The number of rotatable bonds is 9. The van der Waals surface area contributed by atoms with Crippen LogP contribution in [-0.2, 0) is 9.84 Å². The minimum atomic E-state index is -2.90. The van der Waals surface area contributed by atoms with Gasteiger partial charge >= 0.3 is 0 Å². The van der Waals surface area contributed by atoms with Crippen LogP contribution in [0.3, 0.4) is 0 Å². The molecule has 0 radical (unpaired) electrons. The Morgan fingerprint density at radius 1 is 1.20 bits per heavy atom. The molecular formula is C14H31N3O2S. The van der Waals surface area contributed by atoms with Gasteiger partial charge in [0, 0.05) is 25.4 Å². The number of nitrogens with zero attached hydrogens (tertiary/aromatic N) is 1. The lowest BCUT2D eigenvalue weighted by molar-refractivity contribution is 0.558. The van der Waals surface area contributed by atoms with E-state index in [4.69, 9.17) is 0 Å². The zero-order valence-electron chi connectivity index (χ0n) is 13.6. The average Bonchev–Trinajstić information content (AvgIpc) is 2.31. The molecular weight excluding hydrogens is 274 g/mol. The van der Waals surface area contributed by atoms with Crippen LogP contribution >= 0.6 is 0 Å². The molecule has 0 aliphatic heterocycles. The zero-order valence-corrected chi connectivity index (χ0v) is 14.4. The van der Waals surface area contributed by atoms with Crippen molar-refractivity contribution in [3.63, 3.8) is 0 Å². The van der Waals surface area contributed by atoms with Crippen molar-refractivity contribution in [3.8, 4) is 0 Å². The second kappa shape index (κ2) is 10.0. The van der Waals surface area contributed by atoms with Crippen LogP contribution in [-0.4, -0.2) is 45.5 Å². The fraction of sp³-hybridized carbons (Fsp3) is 0.929. The third-order valence-corrected chi connectivity index (χ3v) is 3.84. The molecule has 1 unspecified atom stereocenters. The average molecular weight is 305 g/mol. The molecule has 0 aromatic heterocycles. The van der Waals surface area contributed by atoms with Gasteiger partial charge in [-0.2, -0.15) is 0 Å². The summed E-state index contributed by atoms with van der Waals surface area (Å²) in [6.45, 7) is 10.0. The van der Waals surface area contributed by atoms with E-state index in [0.717, 1.165) is 25.5 Å². The summed E-state index contributed by atoms with van der Waals surface area (Å²) in [6.07, 6.45) is 4.11. The smallest absolute Gasteiger partial charge is 0.191 e. The molecule has 0 rings (SSSR count). The fourth-order valence-corrected chi connectivity index (χ4v) is 2.49. The maximum Gasteiger partial charge on any atom is 0.191 e. The molecule has 1 atom stereocenters. The topological polar surface area (TPSA) is 70.6 Å². The monoisotopic (exact) mass is 305 g/mol. The Bertz CT molecular complexity index is 378. The van der Waals surface area contributed by atoms with Gasteiger partial charge in [0.2, 0.25) is 0 Å². The number of aliphatic imine (C=N–C) groups is 1. The maximum absolute atomic E-state index is 11.1. The summed E-state index contributed by atoms with van der Waals surface area (Å²) in [5.74, 6) is 1.68. The molecule has 6 heteroatoms. The highest BCUT2D eigenvalue weighted by atomic mass is 32.2. The van der Waals surface area contributed by atoms with Crippen LogP contribution in [0.25, 0.3) is 0 Å². The van der Waals surface area contributed by atoms with E-state index < -0.39 is 9.84 Å². The van der Waals surface area contributed by atoms with Gasteiger partial charge in [0.25, 0.3) is 0 Å². The molecule has 0 spiro atoms. The van der Waals surface area contributed by atoms with Crippen molar-refractivity contribution in [2.24, 2.45) is 10.9 Å². The number of hydrogen-bond acceptors (Lipinski definition) is 3. The molecule has 0 aromatic rings. The van der Waals surface area contributed by atoms with E-state index in [1.807, 2.05) is 13.8 Å². The molecule has 0 fully saturated rings. The number of hydrogen-bond donors (Lipinski definition) is 2. The molecule has 0 saturated heterocycles. The van der Waals surface area contributed by atoms with Gasteiger partial charge in [0.1, 0.15) is 9.84 Å². The number of guanidine groups is 1. The van der Waals surface area contributed by atoms with Crippen LogP contribution < -0.4 is 10.6 Å². The first-order chi connectivity index (χ1) is 9.24. The van der Waals surface area contributed by atoms with Crippen molar-refractivity contribution in [3.05, 3.63) is 0 Å². The molecule has 0 bridgehead atoms. The lowest BCUT2D eigenvalue weighted by atomic mass is 10.1. The van der Waals surface area contributed by atoms with Crippen LogP contribution in [0.4, 0.5) is 0 Å². The fourth-order valence-electron chi connectivity index (χ4n) is 1.71. The van der Waals surface area contributed by atoms with E-state index in [9.17, 15) is 8.42 Å². The minimum Gasteiger partial charge on any atom is -0.357 e. The Hall–Kier alpha value is -0.780. The largest absolute Gasteiger partial charge is 0.357 e. The zero-order chi connectivity index (χ0) is 15.6. The first kappa shape index (κ1) is 19.2. The summed E-state index contributed by atoms with van der Waals surface area (Å²) >= 11 is 0. The van der Waals surface area contributed by atoms with Crippen molar-refractivity contribution in [2.75, 3.05) is 25.1 Å². The van der Waals surface area contributed by atoms with Crippen LogP contribution in [0, 0.1) is 5.92 Å². The molecule has 2 N–H and O–H groups in total. The lowest BCUT2D eigenvalue weighted by Crippen LogP contribution is -2.42. The summed E-state index contributed by atoms with van der Waals surface area (Å²) < 4.78 is 22.3. The molecule has 0 aromatic carbocycles. The first-order valence-corrected chi connectivity index (χ1v) is 9.53. The van der Waals surface area contributed by atoms with Gasteiger partial charge in [0.05, 0.1) is 5.75 Å². The van der Waals surface area contributed by atoms with Gasteiger partial charge < -0.3 is 10.6 Å². The predicted octanol–water partition coefficient (Wildman–Crippen LogP) is 1.80. The predicted molar refractivity (Wildman–Crippen MR) is 87.0 cm³/mol. The number of sulfone groups is 1. The second-order valence-corrected chi connectivity index (χ2v) is 8.02. The second-order valence-electron chi connectivity index (χ2n) is 5.76. The SMILES string of the molecule is CCNC(=NCCCC(C)C)NC(C)CCS(C)(=O)=O. The molecule has 20 heavy (non-hydrogen) atoms. The Morgan fingerprint density at radius 3 is 2.35 bits per heavy atom. The molecule has 5 nitrogen and oxygen atoms in total. The van der Waals surface area contributed by atoms with Crippen molar-refractivity contribution < 1.29 is 8.42 Å². The summed E-state index contributed by atoms with van der Waals surface area (Å²) in [6, 6.07) is 0.0904. The Balaban J connectivity index is 4.20. The van der Waals surface area contributed by atoms with E-state index in [-0.39, 0.29) is 11.8 Å².